The van der Waals surface area contributed by atoms with Gasteiger partial charge in [-0.3, -0.25) is 9.36 Å². The summed E-state index contributed by atoms with van der Waals surface area (Å²) in [7, 11) is 1.49. The molecule has 0 spiro atoms. The Hall–Kier alpha value is -3.81. The zero-order chi connectivity index (χ0) is 33.8. The number of ether oxygens (including phenoxy) is 4. The molecule has 2 unspecified atom stereocenters. The molecule has 2 bridgehead atoms. The topological polar surface area (TPSA) is 124 Å². The number of carbonyl (C=O) groups is 1. The van der Waals surface area contributed by atoms with E-state index in [1.165, 1.54) is 67.5 Å². The van der Waals surface area contributed by atoms with Gasteiger partial charge in [-0.25, -0.2) is 23.5 Å². The number of halogens is 1. The lowest BCUT2D eigenvalue weighted by molar-refractivity contribution is -0.164. The van der Waals surface area contributed by atoms with Crippen molar-refractivity contribution in [3.63, 3.8) is 0 Å². The number of esters is 1. The van der Waals surface area contributed by atoms with Crippen molar-refractivity contribution in [3.8, 4) is 16.5 Å². The van der Waals surface area contributed by atoms with E-state index in [1.54, 1.807) is 27.7 Å². The van der Waals surface area contributed by atoms with E-state index in [1.807, 2.05) is 0 Å². The lowest BCUT2D eigenvalue weighted by Gasteiger charge is -2.33. The molecule has 0 N–H and O–H groups in total. The number of benzene rings is 1. The third-order valence-electron chi connectivity index (χ3n) is 8.79. The lowest BCUT2D eigenvalue weighted by Crippen LogP contribution is -2.54. The number of rotatable bonds is 9. The van der Waals surface area contributed by atoms with E-state index >= 15 is 0 Å². The first-order valence-corrected chi connectivity index (χ1v) is 16.6. The number of carbonyl (C=O) groups excluding carboxylic acids is 1. The summed E-state index contributed by atoms with van der Waals surface area (Å²) in [6, 6.07) is 4.17. The van der Waals surface area contributed by atoms with Crippen LogP contribution in [0.25, 0.3) is 21.0 Å². The summed E-state index contributed by atoms with van der Waals surface area (Å²) in [5, 5.41) is 0.230. The third-order valence-corrected chi connectivity index (χ3v) is 10.1. The monoisotopic (exact) mass is 669 g/mol. The Morgan fingerprint density at radius 2 is 1.85 bits per heavy atom. The molecule has 1 aromatic carbocycles. The molecule has 2 aliphatic rings. The van der Waals surface area contributed by atoms with E-state index in [0.29, 0.717) is 39.4 Å². The summed E-state index contributed by atoms with van der Waals surface area (Å²) in [4.78, 5) is 47.7. The van der Waals surface area contributed by atoms with Crippen LogP contribution < -0.4 is 16.0 Å². The Morgan fingerprint density at radius 3 is 2.47 bits per heavy atom. The highest BCUT2D eigenvalue weighted by atomic mass is 32.1. The van der Waals surface area contributed by atoms with Gasteiger partial charge in [0, 0.05) is 5.56 Å². The van der Waals surface area contributed by atoms with Crippen molar-refractivity contribution >= 4 is 27.5 Å². The Bertz CT molecular complexity index is 1910. The molecule has 252 valence electrons. The molecule has 0 amide bonds. The molecular weight excluding hydrogens is 629 g/mol. The summed E-state index contributed by atoms with van der Waals surface area (Å²) in [6.45, 7) is 9.75. The molecule has 0 radical (unpaired) electrons. The van der Waals surface area contributed by atoms with Crippen LogP contribution in [0, 0.1) is 12.7 Å². The highest BCUT2D eigenvalue weighted by molar-refractivity contribution is 7.22. The summed E-state index contributed by atoms with van der Waals surface area (Å²) >= 11 is 1.18. The van der Waals surface area contributed by atoms with Crippen LogP contribution in [0.3, 0.4) is 0 Å². The van der Waals surface area contributed by atoms with Crippen molar-refractivity contribution in [2.24, 2.45) is 0 Å². The van der Waals surface area contributed by atoms with Crippen molar-refractivity contribution in [1.29, 1.82) is 0 Å². The number of aryl methyl sites for hydroxylation is 1. The highest BCUT2D eigenvalue weighted by Crippen LogP contribution is 2.40. The molecule has 11 nitrogen and oxygen atoms in total. The van der Waals surface area contributed by atoms with Gasteiger partial charge in [-0.15, -0.1) is 11.3 Å². The highest BCUT2D eigenvalue weighted by Gasteiger charge is 2.40. The largest absolute Gasteiger partial charge is 0.496 e. The Morgan fingerprint density at radius 1 is 1.15 bits per heavy atom. The quantitative estimate of drug-likeness (QED) is 0.201. The molecule has 3 aromatic heterocycles. The molecule has 47 heavy (non-hydrogen) atoms. The fourth-order valence-electron chi connectivity index (χ4n) is 6.52. The van der Waals surface area contributed by atoms with Crippen molar-refractivity contribution in [3.05, 3.63) is 68.4 Å². The van der Waals surface area contributed by atoms with Gasteiger partial charge in [-0.05, 0) is 91.0 Å². The van der Waals surface area contributed by atoms with Crippen LogP contribution in [-0.4, -0.2) is 51.1 Å². The smallest absolute Gasteiger partial charge is 0.333 e. The number of hydrogen-bond acceptors (Lipinski definition) is 10. The molecule has 4 atom stereocenters. The van der Waals surface area contributed by atoms with Gasteiger partial charge in [0.2, 0.25) is 5.89 Å². The van der Waals surface area contributed by atoms with Crippen LogP contribution >= 0.6 is 11.3 Å². The Balaban J connectivity index is 1.56. The number of hydrogen-bond donors (Lipinski definition) is 0. The molecule has 2 saturated heterocycles. The second-order valence-corrected chi connectivity index (χ2v) is 14.7. The maximum absolute atomic E-state index is 14.8. The fraction of sp³-hybridized carbons (Fsp3) is 0.529. The van der Waals surface area contributed by atoms with Gasteiger partial charge in [-0.1, -0.05) is 0 Å². The van der Waals surface area contributed by atoms with Crippen LogP contribution in [0.4, 0.5) is 4.39 Å². The van der Waals surface area contributed by atoms with Crippen molar-refractivity contribution in [1.82, 2.24) is 14.1 Å². The minimum absolute atomic E-state index is 0.0723. The molecule has 5 heterocycles. The van der Waals surface area contributed by atoms with Crippen LogP contribution in [0.5, 0.6) is 5.75 Å². The van der Waals surface area contributed by atoms with Gasteiger partial charge in [-0.2, -0.15) is 0 Å². The summed E-state index contributed by atoms with van der Waals surface area (Å²) < 4.78 is 46.9. The van der Waals surface area contributed by atoms with Crippen LogP contribution in [-0.2, 0) is 31.1 Å². The van der Waals surface area contributed by atoms with Gasteiger partial charge < -0.3 is 23.4 Å². The van der Waals surface area contributed by atoms with Crippen molar-refractivity contribution in [2.75, 3.05) is 7.11 Å². The van der Waals surface area contributed by atoms with Gasteiger partial charge in [0.15, 0.2) is 0 Å². The first-order valence-electron chi connectivity index (χ1n) is 15.7. The van der Waals surface area contributed by atoms with Crippen molar-refractivity contribution in [2.45, 2.75) is 109 Å². The van der Waals surface area contributed by atoms with Gasteiger partial charge in [0.25, 0.3) is 5.56 Å². The summed E-state index contributed by atoms with van der Waals surface area (Å²) in [5.74, 6) is -0.556. The number of nitrogens with zero attached hydrogens (tertiary/aromatic N) is 3. The summed E-state index contributed by atoms with van der Waals surface area (Å²) in [6.07, 6.45) is 5.19. The molecule has 13 heteroatoms. The minimum Gasteiger partial charge on any atom is -0.496 e. The fourth-order valence-corrected chi connectivity index (χ4v) is 7.77. The van der Waals surface area contributed by atoms with E-state index in [-0.39, 0.29) is 36.1 Å². The van der Waals surface area contributed by atoms with Gasteiger partial charge in [0.05, 0.1) is 48.4 Å². The predicted molar refractivity (Wildman–Crippen MR) is 173 cm³/mol. The zero-order valence-corrected chi connectivity index (χ0v) is 28.4. The number of methoxy groups -OCH3 is 1. The average Bonchev–Trinajstić information content (AvgIpc) is 3.72. The second-order valence-electron chi connectivity index (χ2n) is 13.7. The zero-order valence-electron chi connectivity index (χ0n) is 27.6. The lowest BCUT2D eigenvalue weighted by atomic mass is 10.0. The third kappa shape index (κ3) is 6.28. The van der Waals surface area contributed by atoms with Crippen LogP contribution in [0.15, 0.2) is 44.7 Å². The minimum atomic E-state index is -1.69. The molecule has 0 aliphatic carbocycles. The molecule has 2 fully saturated rings. The average molecular weight is 670 g/mol. The van der Waals surface area contributed by atoms with Crippen LogP contribution in [0.2, 0.25) is 0 Å². The normalized spacial score (nSPS) is 20.5. The standard InChI is InChI=1S/C34H40FN3O8S/c1-18-26-29(39)38(34(5,6)31(40)46-33(2,3)4)32(41)37(30(26)47-27(18)28-36-12-13-43-28)17-25(23-14-19(35)8-11-24(23)42-7)45-22-15-20-9-10-21(16-22)44-20/h8,11-14,20-22,25H,9-10,15-17H2,1-7H3/t20-,21+,22?,25?. The molecular formula is C34H40FN3O8S. The van der Waals surface area contributed by atoms with Gasteiger partial charge in [0.1, 0.15) is 39.9 Å². The number of fused-ring (bicyclic) bond motifs is 3. The first kappa shape index (κ1) is 33.1. The van der Waals surface area contributed by atoms with Gasteiger partial charge >= 0.3 is 11.7 Å². The number of aromatic nitrogens is 3. The molecule has 0 saturated carbocycles. The molecule has 2 aliphatic heterocycles. The second kappa shape index (κ2) is 12.3. The molecule has 4 aromatic rings. The predicted octanol–water partition coefficient (Wildman–Crippen LogP) is 5.88. The van der Waals surface area contributed by atoms with E-state index in [4.69, 9.17) is 23.4 Å². The summed E-state index contributed by atoms with van der Waals surface area (Å²) in [5.41, 5.74) is -2.99. The van der Waals surface area contributed by atoms with E-state index < -0.39 is 40.3 Å². The van der Waals surface area contributed by atoms with E-state index in [2.05, 4.69) is 4.98 Å². The van der Waals surface area contributed by atoms with E-state index in [9.17, 15) is 18.8 Å². The van der Waals surface area contributed by atoms with E-state index in [0.717, 1.165) is 17.4 Å². The van der Waals surface area contributed by atoms with Crippen LogP contribution in [0.1, 0.15) is 77.5 Å². The Kier molecular flexibility index (Phi) is 8.69. The first-order chi connectivity index (χ1) is 22.2. The number of thiophene rings is 1. The SMILES string of the molecule is COc1ccc(F)cc1C(Cn1c(=O)n(C(C)(C)C(=O)OC(C)(C)C)c(=O)c2c(C)c(-c3ncco3)sc21)OC1C[C@H]2CC[C@@H](C1)O2. The molecule has 6 rings (SSSR count). The Labute approximate surface area is 275 Å². The number of oxazole rings is 1. The maximum Gasteiger partial charge on any atom is 0.333 e. The van der Waals surface area contributed by atoms with Crippen molar-refractivity contribution < 1.29 is 32.5 Å². The maximum atomic E-state index is 14.8.